The summed E-state index contributed by atoms with van der Waals surface area (Å²) in [5.41, 5.74) is -0.211. The molecule has 10 heteroatoms. The first-order valence-electron chi connectivity index (χ1n) is 10.1. The number of ether oxygens (including phenoxy) is 1. The summed E-state index contributed by atoms with van der Waals surface area (Å²) in [5, 5.41) is 21.2. The van der Waals surface area contributed by atoms with Gasteiger partial charge in [0, 0.05) is 6.54 Å². The molecule has 4 rings (SSSR count). The van der Waals surface area contributed by atoms with Crippen molar-refractivity contribution >= 4 is 22.7 Å². The Kier molecular flexibility index (Phi) is 5.08. The first-order chi connectivity index (χ1) is 14.7. The van der Waals surface area contributed by atoms with E-state index in [2.05, 4.69) is 20.5 Å². The molecule has 31 heavy (non-hydrogen) atoms. The zero-order valence-corrected chi connectivity index (χ0v) is 17.9. The van der Waals surface area contributed by atoms with Crippen molar-refractivity contribution in [1.29, 1.82) is 0 Å². The lowest BCUT2D eigenvalue weighted by Crippen LogP contribution is -2.49. The van der Waals surface area contributed by atoms with Crippen LogP contribution in [-0.4, -0.2) is 62.0 Å². The minimum absolute atomic E-state index is 0.148. The van der Waals surface area contributed by atoms with E-state index in [1.807, 2.05) is 45.0 Å². The molecule has 164 valence electrons. The van der Waals surface area contributed by atoms with E-state index in [1.165, 1.54) is 4.90 Å². The van der Waals surface area contributed by atoms with E-state index in [9.17, 15) is 14.7 Å². The molecule has 1 fully saturated rings. The van der Waals surface area contributed by atoms with Gasteiger partial charge in [0.1, 0.15) is 17.3 Å². The highest BCUT2D eigenvalue weighted by Crippen LogP contribution is 2.38. The van der Waals surface area contributed by atoms with Gasteiger partial charge in [-0.15, -0.1) is 0 Å². The molecule has 1 aromatic carbocycles. The van der Waals surface area contributed by atoms with Crippen molar-refractivity contribution in [3.63, 3.8) is 0 Å². The summed E-state index contributed by atoms with van der Waals surface area (Å²) in [6, 6.07) is 7.09. The Labute approximate surface area is 178 Å². The van der Waals surface area contributed by atoms with Gasteiger partial charge in [0.15, 0.2) is 5.82 Å². The van der Waals surface area contributed by atoms with E-state index >= 15 is 0 Å². The number of fused-ring (bicyclic) bond motifs is 1. The molecule has 1 aliphatic rings. The maximum absolute atomic E-state index is 11.8. The number of H-pyrrole nitrogens is 2. The number of nitrogens with one attached hydrogen (secondary N) is 3. The molecule has 0 aliphatic carbocycles. The highest BCUT2D eigenvalue weighted by Gasteiger charge is 2.44. The topological polar surface area (TPSA) is 136 Å². The normalized spacial score (nSPS) is 19.0. The first kappa shape index (κ1) is 20.7. The number of hydrogen-bond acceptors (Lipinski definition) is 6. The SMILES string of the molecule is COc1cccc2cc(-c3n[nH]c(=O)[nH]3)nc(NC3CCN(C(=O)O)C3C(C)(C)C)c12. The van der Waals surface area contributed by atoms with Gasteiger partial charge < -0.3 is 20.1 Å². The van der Waals surface area contributed by atoms with Crippen LogP contribution in [0.4, 0.5) is 10.6 Å². The van der Waals surface area contributed by atoms with Crippen LogP contribution in [0.25, 0.3) is 22.3 Å². The highest BCUT2D eigenvalue weighted by atomic mass is 16.5. The molecule has 0 radical (unpaired) electrons. The quantitative estimate of drug-likeness (QED) is 0.503. The molecule has 2 atom stereocenters. The molecule has 1 saturated heterocycles. The van der Waals surface area contributed by atoms with Gasteiger partial charge >= 0.3 is 11.8 Å². The Balaban J connectivity index is 1.84. The number of benzene rings is 1. The second-order valence-corrected chi connectivity index (χ2v) is 8.77. The Hall–Kier alpha value is -3.56. The van der Waals surface area contributed by atoms with Crippen molar-refractivity contribution in [1.82, 2.24) is 25.1 Å². The highest BCUT2D eigenvalue weighted by molar-refractivity contribution is 5.99. The van der Waals surface area contributed by atoms with Gasteiger partial charge in [-0.05, 0) is 29.4 Å². The summed E-state index contributed by atoms with van der Waals surface area (Å²) in [5.74, 6) is 1.53. The Morgan fingerprint density at radius 3 is 2.74 bits per heavy atom. The van der Waals surface area contributed by atoms with Crippen LogP contribution in [0.15, 0.2) is 29.1 Å². The number of aromatic amines is 2. The van der Waals surface area contributed by atoms with Crippen LogP contribution in [0.5, 0.6) is 5.75 Å². The number of rotatable bonds is 4. The maximum atomic E-state index is 11.8. The van der Waals surface area contributed by atoms with Crippen LogP contribution >= 0.6 is 0 Å². The molecular formula is C21H26N6O4. The van der Waals surface area contributed by atoms with Crippen LogP contribution < -0.4 is 15.7 Å². The number of methoxy groups -OCH3 is 1. The van der Waals surface area contributed by atoms with Crippen LogP contribution in [0.1, 0.15) is 27.2 Å². The second-order valence-electron chi connectivity index (χ2n) is 8.77. The van der Waals surface area contributed by atoms with Crippen LogP contribution in [0.3, 0.4) is 0 Å². The molecule has 3 aromatic rings. The number of anilines is 1. The third-order valence-corrected chi connectivity index (χ3v) is 5.64. The van der Waals surface area contributed by atoms with Crippen molar-refractivity contribution in [2.75, 3.05) is 19.0 Å². The number of carbonyl (C=O) groups is 1. The van der Waals surface area contributed by atoms with Crippen molar-refractivity contribution in [3.8, 4) is 17.3 Å². The van der Waals surface area contributed by atoms with Crippen LogP contribution in [0, 0.1) is 5.41 Å². The summed E-state index contributed by atoms with van der Waals surface area (Å²) in [4.78, 5) is 32.2. The van der Waals surface area contributed by atoms with E-state index in [0.29, 0.717) is 36.1 Å². The molecule has 0 bridgehead atoms. The van der Waals surface area contributed by atoms with Crippen molar-refractivity contribution in [2.45, 2.75) is 39.3 Å². The van der Waals surface area contributed by atoms with E-state index < -0.39 is 11.8 Å². The van der Waals surface area contributed by atoms with Gasteiger partial charge in [0.2, 0.25) is 0 Å². The van der Waals surface area contributed by atoms with Gasteiger partial charge in [-0.1, -0.05) is 32.9 Å². The fourth-order valence-electron chi connectivity index (χ4n) is 4.47. The summed E-state index contributed by atoms with van der Waals surface area (Å²) in [6.07, 6.45) is -0.279. The predicted octanol–water partition coefficient (Wildman–Crippen LogP) is 2.90. The van der Waals surface area contributed by atoms with E-state index in [0.717, 1.165) is 10.8 Å². The fraction of sp³-hybridized carbons (Fsp3) is 0.429. The number of amides is 1. The van der Waals surface area contributed by atoms with Crippen molar-refractivity contribution < 1.29 is 14.6 Å². The molecule has 3 heterocycles. The molecule has 0 spiro atoms. The van der Waals surface area contributed by atoms with Crippen molar-refractivity contribution in [3.05, 3.63) is 34.7 Å². The largest absolute Gasteiger partial charge is 0.496 e. The lowest BCUT2D eigenvalue weighted by Gasteiger charge is -2.37. The van der Waals surface area contributed by atoms with Gasteiger partial charge in [-0.3, -0.25) is 4.98 Å². The number of hydrogen-bond donors (Lipinski definition) is 4. The first-order valence-corrected chi connectivity index (χ1v) is 10.1. The third kappa shape index (κ3) is 3.80. The smallest absolute Gasteiger partial charge is 0.407 e. The van der Waals surface area contributed by atoms with Crippen LogP contribution in [0.2, 0.25) is 0 Å². The van der Waals surface area contributed by atoms with E-state index in [-0.39, 0.29) is 17.5 Å². The molecule has 2 aromatic heterocycles. The van der Waals surface area contributed by atoms with E-state index in [4.69, 9.17) is 9.72 Å². The summed E-state index contributed by atoms with van der Waals surface area (Å²) in [6.45, 7) is 6.54. The summed E-state index contributed by atoms with van der Waals surface area (Å²) >= 11 is 0. The second kappa shape index (κ2) is 7.60. The average molecular weight is 426 g/mol. The Morgan fingerprint density at radius 1 is 1.35 bits per heavy atom. The number of nitrogens with zero attached hydrogens (tertiary/aromatic N) is 3. The molecule has 2 unspecified atom stereocenters. The molecule has 1 aliphatic heterocycles. The minimum Gasteiger partial charge on any atom is -0.496 e. The fourth-order valence-corrected chi connectivity index (χ4v) is 4.47. The minimum atomic E-state index is -0.928. The number of aromatic nitrogens is 4. The van der Waals surface area contributed by atoms with Crippen LogP contribution in [-0.2, 0) is 0 Å². The molecular weight excluding hydrogens is 400 g/mol. The number of pyridine rings is 1. The Bertz CT molecular complexity index is 1180. The van der Waals surface area contributed by atoms with Gasteiger partial charge in [-0.25, -0.2) is 19.7 Å². The number of likely N-dealkylation sites (tertiary alicyclic amines) is 1. The predicted molar refractivity (Wildman–Crippen MR) is 116 cm³/mol. The monoisotopic (exact) mass is 426 g/mol. The molecule has 1 amide bonds. The Morgan fingerprint density at radius 2 is 2.13 bits per heavy atom. The van der Waals surface area contributed by atoms with Gasteiger partial charge in [0.25, 0.3) is 0 Å². The number of carboxylic acid groups (broad SMARTS) is 1. The third-order valence-electron chi connectivity index (χ3n) is 5.64. The maximum Gasteiger partial charge on any atom is 0.407 e. The van der Waals surface area contributed by atoms with Gasteiger partial charge in [0.05, 0.1) is 24.6 Å². The van der Waals surface area contributed by atoms with Crippen molar-refractivity contribution in [2.24, 2.45) is 5.41 Å². The standard InChI is InChI=1S/C21H26N6O4/c1-21(2,3)16-12(8-9-27(16)20(29)30)22-18-15-11(6-5-7-14(15)31-4)10-13(23-18)17-24-19(28)26-25-17/h5-7,10,12,16H,8-9H2,1-4H3,(H,22,23)(H,29,30)(H2,24,25,26,28). The average Bonchev–Trinajstić information content (AvgIpc) is 3.33. The summed E-state index contributed by atoms with van der Waals surface area (Å²) in [7, 11) is 1.59. The summed E-state index contributed by atoms with van der Waals surface area (Å²) < 4.78 is 5.57. The molecule has 4 N–H and O–H groups in total. The van der Waals surface area contributed by atoms with Gasteiger partial charge in [-0.2, -0.15) is 5.10 Å². The zero-order valence-electron chi connectivity index (χ0n) is 17.9. The lowest BCUT2D eigenvalue weighted by molar-refractivity contribution is 0.103. The lowest BCUT2D eigenvalue weighted by atomic mass is 9.82. The molecule has 0 saturated carbocycles. The zero-order chi connectivity index (χ0) is 22.3. The van der Waals surface area contributed by atoms with E-state index in [1.54, 1.807) is 7.11 Å². The molecule has 10 nitrogen and oxygen atoms in total.